The maximum absolute atomic E-state index is 14.2. The van der Waals surface area contributed by atoms with Gasteiger partial charge in [-0.05, 0) is 69.0 Å². The van der Waals surface area contributed by atoms with Gasteiger partial charge in [-0.1, -0.05) is 54.9 Å². The van der Waals surface area contributed by atoms with Gasteiger partial charge < -0.3 is 29.9 Å². The molecule has 5 amide bonds. The molecule has 1 saturated heterocycles. The van der Waals surface area contributed by atoms with Crippen LogP contribution < -0.4 is 15.4 Å². The summed E-state index contributed by atoms with van der Waals surface area (Å²) in [5.41, 5.74) is -0.306. The topological polar surface area (TPSA) is 184 Å². The number of carbonyl (C=O) groups is 5. The molecule has 3 N–H and O–H groups in total. The van der Waals surface area contributed by atoms with Crippen LogP contribution in [0, 0.1) is 23.7 Å². The predicted molar refractivity (Wildman–Crippen MR) is 212 cm³/mol. The van der Waals surface area contributed by atoms with Gasteiger partial charge in [-0.15, -0.1) is 0 Å². The number of nitrogens with one attached hydrogen (secondary N) is 3. The van der Waals surface area contributed by atoms with Crippen molar-refractivity contribution in [3.8, 4) is 0 Å². The van der Waals surface area contributed by atoms with Gasteiger partial charge in [0.25, 0.3) is 10.0 Å². The molecular formula is C39H63F3N6O9S. The lowest BCUT2D eigenvalue weighted by molar-refractivity contribution is -0.167. The van der Waals surface area contributed by atoms with Crippen molar-refractivity contribution in [3.05, 3.63) is 24.3 Å². The summed E-state index contributed by atoms with van der Waals surface area (Å²) in [6.45, 7) is 13.3. The SMILES string of the molecule is CC[C@H](C)[C@@H]([C@H](CC(=O)N1CCC[C@H]1[C@H](OC)[C@@H](C)C(=O)NS(=O)(=O)c1ccc(NC(=O)C(F)(F)F)cc1)OC)N(C)C(=O)[C@@H](NC(=O)[C@H](C(C)C)N(C)C)C(C)C. The second-order valence-corrected chi connectivity index (χ2v) is 17.6. The maximum atomic E-state index is 14.2. The summed E-state index contributed by atoms with van der Waals surface area (Å²) in [4.78, 5) is 70.9. The van der Waals surface area contributed by atoms with Crippen LogP contribution in [-0.2, 0) is 43.5 Å². The first kappa shape index (κ1) is 50.3. The van der Waals surface area contributed by atoms with E-state index in [2.05, 4.69) is 5.32 Å². The molecule has 1 aromatic rings. The number of hydrogen-bond acceptors (Lipinski definition) is 10. The molecule has 0 aliphatic carbocycles. The van der Waals surface area contributed by atoms with Crippen LogP contribution in [0.3, 0.4) is 0 Å². The average Bonchev–Trinajstić information content (AvgIpc) is 3.62. The maximum Gasteiger partial charge on any atom is 0.471 e. The monoisotopic (exact) mass is 848 g/mol. The van der Waals surface area contributed by atoms with Gasteiger partial charge in [0.1, 0.15) is 6.04 Å². The zero-order valence-corrected chi connectivity index (χ0v) is 36.5. The Morgan fingerprint density at radius 2 is 1.50 bits per heavy atom. The minimum absolute atomic E-state index is 0.00894. The summed E-state index contributed by atoms with van der Waals surface area (Å²) in [6.07, 6.45) is -5.30. The van der Waals surface area contributed by atoms with E-state index in [0.717, 1.165) is 24.3 Å². The van der Waals surface area contributed by atoms with Gasteiger partial charge in [0.05, 0.1) is 47.6 Å². The van der Waals surface area contributed by atoms with Crippen LogP contribution in [0.5, 0.6) is 0 Å². The summed E-state index contributed by atoms with van der Waals surface area (Å²) in [7, 11) is 3.58. The number of hydrogen-bond donors (Lipinski definition) is 3. The smallest absolute Gasteiger partial charge is 0.379 e. The number of carbonyl (C=O) groups excluding carboxylic acids is 5. The Morgan fingerprint density at radius 1 is 0.914 bits per heavy atom. The highest BCUT2D eigenvalue weighted by Gasteiger charge is 2.44. The third-order valence-corrected chi connectivity index (χ3v) is 12.2. The summed E-state index contributed by atoms with van der Waals surface area (Å²) in [6, 6.07) is 1.29. The lowest BCUT2D eigenvalue weighted by Crippen LogP contribution is -2.59. The van der Waals surface area contributed by atoms with E-state index in [9.17, 15) is 45.6 Å². The van der Waals surface area contributed by atoms with Gasteiger partial charge in [-0.3, -0.25) is 28.9 Å². The highest BCUT2D eigenvalue weighted by atomic mass is 32.2. The van der Waals surface area contributed by atoms with E-state index in [4.69, 9.17) is 9.47 Å². The summed E-state index contributed by atoms with van der Waals surface area (Å²) < 4.78 is 77.7. The standard InChI is InChI=1S/C39H63F3N6O9S/c1-13-24(6)33(47(10)37(52)31(22(2)3)44-36(51)32(23(4)5)46(8)9)29(56-11)21-30(49)48-20-14-15-28(48)34(57-12)25(7)35(50)45-58(54,55)27-18-16-26(17-19-27)43-38(53)39(40,41)42/h16-19,22-25,28-29,31-34H,13-15,20-21H2,1-12H3,(H,43,53)(H,44,51)(H,45,50)/t24-,25+,28-,29-,31-,32-,33-,34+/m0/s1. The third kappa shape index (κ3) is 12.8. The van der Waals surface area contributed by atoms with Crippen molar-refractivity contribution in [2.45, 2.75) is 122 Å². The fourth-order valence-corrected chi connectivity index (χ4v) is 8.68. The van der Waals surface area contributed by atoms with Gasteiger partial charge in [0.15, 0.2) is 0 Å². The van der Waals surface area contributed by atoms with Crippen molar-refractivity contribution < 1.29 is 55.0 Å². The molecule has 0 aromatic heterocycles. The number of nitrogens with zero attached hydrogens (tertiary/aromatic N) is 3. The Hall–Kier alpha value is -3.81. The highest BCUT2D eigenvalue weighted by Crippen LogP contribution is 2.30. The van der Waals surface area contributed by atoms with Crippen LogP contribution in [0.15, 0.2) is 29.2 Å². The second kappa shape index (κ2) is 21.4. The molecule has 0 unspecified atom stereocenters. The van der Waals surface area contributed by atoms with Crippen LogP contribution in [0.25, 0.3) is 0 Å². The van der Waals surface area contributed by atoms with E-state index in [1.54, 1.807) is 22.2 Å². The number of halogens is 3. The first-order valence-electron chi connectivity index (χ1n) is 19.5. The van der Waals surface area contributed by atoms with Crippen molar-refractivity contribution in [3.63, 3.8) is 0 Å². The number of likely N-dealkylation sites (N-methyl/N-ethyl adjacent to an activating group) is 2. The Bertz CT molecular complexity index is 1670. The third-order valence-electron chi connectivity index (χ3n) is 10.9. The van der Waals surface area contributed by atoms with E-state index in [-0.39, 0.29) is 47.6 Å². The van der Waals surface area contributed by atoms with Crippen molar-refractivity contribution in [1.82, 2.24) is 24.7 Å². The van der Waals surface area contributed by atoms with Gasteiger partial charge in [-0.2, -0.15) is 13.2 Å². The first-order chi connectivity index (χ1) is 26.8. The molecule has 0 spiro atoms. The molecule has 19 heteroatoms. The van der Waals surface area contributed by atoms with Gasteiger partial charge in [0.2, 0.25) is 23.6 Å². The van der Waals surface area contributed by atoms with Crippen molar-refractivity contribution >= 4 is 45.2 Å². The van der Waals surface area contributed by atoms with E-state index in [1.165, 1.54) is 21.1 Å². The molecule has 1 aromatic carbocycles. The lowest BCUT2D eigenvalue weighted by Gasteiger charge is -2.41. The number of ether oxygens (including phenoxy) is 2. The lowest BCUT2D eigenvalue weighted by atomic mass is 9.89. The molecule has 0 bridgehead atoms. The number of alkyl halides is 3. The van der Waals surface area contributed by atoms with Crippen molar-refractivity contribution in [1.29, 1.82) is 0 Å². The van der Waals surface area contributed by atoms with Gasteiger partial charge in [0, 0.05) is 33.5 Å². The molecule has 330 valence electrons. The summed E-state index contributed by atoms with van der Waals surface area (Å²) in [5.74, 6) is -5.55. The summed E-state index contributed by atoms with van der Waals surface area (Å²) in [5, 5.41) is 4.59. The van der Waals surface area contributed by atoms with E-state index < -0.39 is 75.2 Å². The Kier molecular flexibility index (Phi) is 18.6. The van der Waals surface area contributed by atoms with Crippen LogP contribution >= 0.6 is 0 Å². The fourth-order valence-electron chi connectivity index (χ4n) is 7.61. The molecule has 1 heterocycles. The van der Waals surface area contributed by atoms with Crippen LogP contribution in [0.4, 0.5) is 18.9 Å². The van der Waals surface area contributed by atoms with E-state index in [0.29, 0.717) is 25.8 Å². The molecule has 8 atom stereocenters. The van der Waals surface area contributed by atoms with E-state index in [1.807, 2.05) is 65.3 Å². The highest BCUT2D eigenvalue weighted by molar-refractivity contribution is 7.90. The van der Waals surface area contributed by atoms with Crippen LogP contribution in [0.1, 0.15) is 74.1 Å². The largest absolute Gasteiger partial charge is 0.471 e. The summed E-state index contributed by atoms with van der Waals surface area (Å²) >= 11 is 0. The number of anilines is 1. The minimum atomic E-state index is -5.15. The molecule has 0 saturated carbocycles. The number of amides is 5. The molecular weight excluding hydrogens is 786 g/mol. The molecule has 2 rings (SSSR count). The average molecular weight is 849 g/mol. The quantitative estimate of drug-likeness (QED) is 0.175. The van der Waals surface area contributed by atoms with E-state index >= 15 is 0 Å². The zero-order valence-electron chi connectivity index (χ0n) is 35.7. The predicted octanol–water partition coefficient (Wildman–Crippen LogP) is 3.64. The zero-order chi connectivity index (χ0) is 44.4. The molecule has 58 heavy (non-hydrogen) atoms. The number of likely N-dealkylation sites (tertiary alicyclic amines) is 1. The van der Waals surface area contributed by atoms with Crippen molar-refractivity contribution in [2.24, 2.45) is 23.7 Å². The Morgan fingerprint density at radius 3 is 1.97 bits per heavy atom. The number of benzene rings is 1. The molecule has 0 radical (unpaired) electrons. The molecule has 1 fully saturated rings. The van der Waals surface area contributed by atoms with Crippen molar-refractivity contribution in [2.75, 3.05) is 47.2 Å². The fraction of sp³-hybridized carbons (Fsp3) is 0.718. The Labute approximate surface area is 341 Å². The first-order valence-corrected chi connectivity index (χ1v) is 21.0. The van der Waals surface area contributed by atoms with Crippen LogP contribution in [-0.4, -0.2) is 137 Å². The number of sulfonamides is 1. The molecule has 1 aliphatic heterocycles. The molecule has 15 nitrogen and oxygen atoms in total. The molecule has 1 aliphatic rings. The number of methoxy groups -OCH3 is 2. The van der Waals surface area contributed by atoms with Gasteiger partial charge >= 0.3 is 12.1 Å². The number of rotatable bonds is 20. The minimum Gasteiger partial charge on any atom is -0.379 e. The second-order valence-electron chi connectivity index (χ2n) is 15.9. The Balaban J connectivity index is 2.27. The normalized spacial score (nSPS) is 18.6. The van der Waals surface area contributed by atoms with Crippen LogP contribution in [0.2, 0.25) is 0 Å². The van der Waals surface area contributed by atoms with Gasteiger partial charge in [-0.25, -0.2) is 13.1 Å².